The molecular formula is C6H12O2. The minimum absolute atomic E-state index is 0.0648. The van der Waals surface area contributed by atoms with Crippen LogP contribution in [0.25, 0.3) is 0 Å². The maximum absolute atomic E-state index is 5.19. The highest BCUT2D eigenvalue weighted by Crippen LogP contribution is 2.19. The smallest absolute Gasteiger partial charge is 0.159 e. The Hall–Kier alpha value is -0.0800. The van der Waals surface area contributed by atoms with E-state index in [0.717, 1.165) is 13.0 Å². The Bertz CT molecular complexity index is 72.9. The van der Waals surface area contributed by atoms with E-state index in [-0.39, 0.29) is 6.29 Å². The van der Waals surface area contributed by atoms with Gasteiger partial charge in [0.2, 0.25) is 0 Å². The van der Waals surface area contributed by atoms with Gasteiger partial charge in [-0.15, -0.1) is 0 Å². The summed E-state index contributed by atoms with van der Waals surface area (Å²) in [6.45, 7) is 3.00. The van der Waals surface area contributed by atoms with E-state index in [1.165, 1.54) is 0 Å². The fourth-order valence-corrected chi connectivity index (χ4v) is 0.971. The van der Waals surface area contributed by atoms with Crippen LogP contribution in [0.4, 0.5) is 0 Å². The van der Waals surface area contributed by atoms with Crippen molar-refractivity contribution in [2.45, 2.75) is 19.6 Å². The third-order valence-corrected chi connectivity index (χ3v) is 1.55. The van der Waals surface area contributed by atoms with Crippen LogP contribution in [-0.2, 0) is 9.47 Å². The van der Waals surface area contributed by atoms with E-state index in [4.69, 9.17) is 9.47 Å². The van der Waals surface area contributed by atoms with Crippen LogP contribution in [0.3, 0.4) is 0 Å². The minimum atomic E-state index is 0.0648. The van der Waals surface area contributed by atoms with Gasteiger partial charge in [-0.3, -0.25) is 0 Å². The molecule has 2 atom stereocenters. The fraction of sp³-hybridized carbons (Fsp3) is 1.00. The van der Waals surface area contributed by atoms with Crippen LogP contribution in [0.15, 0.2) is 0 Å². The molecule has 1 fully saturated rings. The molecule has 1 saturated heterocycles. The van der Waals surface area contributed by atoms with Crippen molar-refractivity contribution in [2.24, 2.45) is 5.92 Å². The molecule has 0 bridgehead atoms. The molecule has 0 aromatic carbocycles. The number of methoxy groups -OCH3 is 1. The lowest BCUT2D eigenvalue weighted by Gasteiger charge is -2.10. The lowest BCUT2D eigenvalue weighted by atomic mass is 10.1. The predicted molar refractivity (Wildman–Crippen MR) is 30.5 cm³/mol. The molecule has 0 aromatic heterocycles. The van der Waals surface area contributed by atoms with E-state index >= 15 is 0 Å². The highest BCUT2D eigenvalue weighted by molar-refractivity contribution is 4.62. The Kier molecular flexibility index (Phi) is 1.86. The summed E-state index contributed by atoms with van der Waals surface area (Å²) < 4.78 is 10.2. The molecule has 0 saturated carbocycles. The molecule has 0 spiro atoms. The van der Waals surface area contributed by atoms with E-state index in [9.17, 15) is 0 Å². The van der Waals surface area contributed by atoms with E-state index in [0.29, 0.717) is 5.92 Å². The summed E-state index contributed by atoms with van der Waals surface area (Å²) >= 11 is 0. The Labute approximate surface area is 49.8 Å². The van der Waals surface area contributed by atoms with Crippen LogP contribution in [0.2, 0.25) is 0 Å². The van der Waals surface area contributed by atoms with Crippen molar-refractivity contribution in [3.05, 3.63) is 0 Å². The Morgan fingerprint density at radius 3 is 2.62 bits per heavy atom. The maximum atomic E-state index is 5.19. The van der Waals surface area contributed by atoms with E-state index in [1.54, 1.807) is 7.11 Å². The van der Waals surface area contributed by atoms with Gasteiger partial charge in [-0.25, -0.2) is 0 Å². The Balaban J connectivity index is 2.30. The van der Waals surface area contributed by atoms with Gasteiger partial charge in [-0.2, -0.15) is 0 Å². The molecule has 1 aliphatic rings. The summed E-state index contributed by atoms with van der Waals surface area (Å²) in [5.74, 6) is 0.583. The maximum Gasteiger partial charge on any atom is 0.159 e. The highest BCUT2D eigenvalue weighted by atomic mass is 16.7. The first-order valence-electron chi connectivity index (χ1n) is 2.99. The molecule has 0 N–H and O–H groups in total. The van der Waals surface area contributed by atoms with Crippen LogP contribution in [0, 0.1) is 5.92 Å². The molecule has 1 heterocycles. The zero-order chi connectivity index (χ0) is 5.98. The quantitative estimate of drug-likeness (QED) is 0.509. The molecule has 48 valence electrons. The lowest BCUT2D eigenvalue weighted by Crippen LogP contribution is -2.14. The molecule has 0 amide bonds. The van der Waals surface area contributed by atoms with Gasteiger partial charge < -0.3 is 9.47 Å². The monoisotopic (exact) mass is 116 g/mol. The average Bonchev–Trinajstić information content (AvgIpc) is 2.14. The molecular weight excluding hydrogens is 104 g/mol. The topological polar surface area (TPSA) is 18.5 Å². The van der Waals surface area contributed by atoms with Crippen LogP contribution < -0.4 is 0 Å². The third-order valence-electron chi connectivity index (χ3n) is 1.55. The van der Waals surface area contributed by atoms with Gasteiger partial charge in [0, 0.05) is 13.0 Å². The number of hydrogen-bond acceptors (Lipinski definition) is 2. The lowest BCUT2D eigenvalue weighted by molar-refractivity contribution is -0.106. The molecule has 0 radical (unpaired) electrons. The van der Waals surface area contributed by atoms with E-state index in [2.05, 4.69) is 6.92 Å². The van der Waals surface area contributed by atoms with Crippen molar-refractivity contribution in [3.63, 3.8) is 0 Å². The second-order valence-electron chi connectivity index (χ2n) is 2.24. The molecule has 0 aromatic rings. The van der Waals surface area contributed by atoms with Gasteiger partial charge in [0.1, 0.15) is 0 Å². The van der Waals surface area contributed by atoms with Gasteiger partial charge in [0.15, 0.2) is 6.29 Å². The summed E-state index contributed by atoms with van der Waals surface area (Å²) in [5, 5.41) is 0. The number of hydrogen-bond donors (Lipinski definition) is 0. The van der Waals surface area contributed by atoms with E-state index in [1.807, 2.05) is 0 Å². The number of ether oxygens (including phenoxy) is 2. The van der Waals surface area contributed by atoms with Crippen molar-refractivity contribution in [1.82, 2.24) is 0 Å². The van der Waals surface area contributed by atoms with Crippen molar-refractivity contribution in [1.29, 1.82) is 0 Å². The Morgan fingerprint density at radius 2 is 2.38 bits per heavy atom. The Morgan fingerprint density at radius 1 is 1.62 bits per heavy atom. The van der Waals surface area contributed by atoms with Crippen LogP contribution in [0.1, 0.15) is 13.3 Å². The molecule has 8 heavy (non-hydrogen) atoms. The van der Waals surface area contributed by atoms with Gasteiger partial charge in [0.05, 0.1) is 6.61 Å². The summed E-state index contributed by atoms with van der Waals surface area (Å²) in [7, 11) is 1.69. The number of rotatable bonds is 1. The zero-order valence-corrected chi connectivity index (χ0v) is 5.39. The van der Waals surface area contributed by atoms with Gasteiger partial charge in [-0.1, -0.05) is 6.92 Å². The van der Waals surface area contributed by atoms with Crippen molar-refractivity contribution < 1.29 is 9.47 Å². The predicted octanol–water partition coefficient (Wildman–Crippen LogP) is 1.02. The first kappa shape index (κ1) is 6.05. The van der Waals surface area contributed by atoms with Crippen molar-refractivity contribution in [2.75, 3.05) is 13.7 Å². The largest absolute Gasteiger partial charge is 0.356 e. The van der Waals surface area contributed by atoms with Crippen molar-refractivity contribution >= 4 is 0 Å². The van der Waals surface area contributed by atoms with Crippen LogP contribution in [-0.4, -0.2) is 20.0 Å². The van der Waals surface area contributed by atoms with Crippen molar-refractivity contribution in [3.8, 4) is 0 Å². The SMILES string of the molecule is CO[C@@H]1OCC[C@@H]1C. The second-order valence-corrected chi connectivity index (χ2v) is 2.24. The molecule has 0 unspecified atom stereocenters. The second kappa shape index (κ2) is 2.46. The van der Waals surface area contributed by atoms with Crippen LogP contribution in [0.5, 0.6) is 0 Å². The first-order chi connectivity index (χ1) is 3.84. The van der Waals surface area contributed by atoms with E-state index < -0.39 is 0 Å². The summed E-state index contributed by atoms with van der Waals surface area (Å²) in [4.78, 5) is 0. The molecule has 0 aliphatic carbocycles. The molecule has 1 rings (SSSR count). The van der Waals surface area contributed by atoms with Gasteiger partial charge in [0.25, 0.3) is 0 Å². The van der Waals surface area contributed by atoms with Gasteiger partial charge in [-0.05, 0) is 6.42 Å². The van der Waals surface area contributed by atoms with Crippen LogP contribution >= 0.6 is 0 Å². The highest BCUT2D eigenvalue weighted by Gasteiger charge is 2.22. The molecule has 2 heteroatoms. The summed E-state index contributed by atoms with van der Waals surface area (Å²) in [6.07, 6.45) is 1.20. The zero-order valence-electron chi connectivity index (χ0n) is 5.39. The summed E-state index contributed by atoms with van der Waals surface area (Å²) in [5.41, 5.74) is 0. The normalized spacial score (nSPS) is 38.2. The van der Waals surface area contributed by atoms with Gasteiger partial charge >= 0.3 is 0 Å². The minimum Gasteiger partial charge on any atom is -0.356 e. The molecule has 2 nitrogen and oxygen atoms in total. The first-order valence-corrected chi connectivity index (χ1v) is 2.99. The third kappa shape index (κ3) is 1.01. The summed E-state index contributed by atoms with van der Waals surface area (Å²) in [6, 6.07) is 0. The standard InChI is InChI=1S/C6H12O2/c1-5-3-4-8-6(5)7-2/h5-6H,3-4H2,1-2H3/t5-,6+/m0/s1. The fourth-order valence-electron chi connectivity index (χ4n) is 0.971. The molecule has 1 aliphatic heterocycles. The average molecular weight is 116 g/mol.